The molecule has 0 saturated heterocycles. The number of hydrogen-bond acceptors (Lipinski definition) is 5. The number of hydrogen-bond donors (Lipinski definition) is 3. The van der Waals surface area contributed by atoms with Gasteiger partial charge in [-0.05, 0) is 25.0 Å². The Kier molecular flexibility index (Phi) is 11.2. The molecule has 0 unspecified atom stereocenters. The Labute approximate surface area is 154 Å². The van der Waals surface area contributed by atoms with Gasteiger partial charge in [0.15, 0.2) is 0 Å². The molecule has 26 heavy (non-hydrogen) atoms. The summed E-state index contributed by atoms with van der Waals surface area (Å²) in [7, 11) is 1.71. The van der Waals surface area contributed by atoms with Crippen molar-refractivity contribution in [2.24, 2.45) is 4.99 Å². The van der Waals surface area contributed by atoms with Gasteiger partial charge in [-0.15, -0.1) is 4.99 Å². The fourth-order valence-corrected chi connectivity index (χ4v) is 2.34. The van der Waals surface area contributed by atoms with Crippen molar-refractivity contribution in [2.75, 3.05) is 32.1 Å². The number of carbonyl (C=O) groups is 1. The minimum atomic E-state index is 0.00233. The number of amides is 1. The number of aliphatic imine (C=N–C) groups is 1. The molecule has 8 heteroatoms. The summed E-state index contributed by atoms with van der Waals surface area (Å²) in [6.07, 6.45) is 10.6. The summed E-state index contributed by atoms with van der Waals surface area (Å²) in [5.74, 6) is 0.511. The predicted octanol–water partition coefficient (Wildman–Crippen LogP) is 1.71. The molecule has 0 saturated carbocycles. The Hall–Kier alpha value is -2.66. The zero-order valence-corrected chi connectivity index (χ0v) is 15.3. The van der Waals surface area contributed by atoms with E-state index in [1.807, 2.05) is 0 Å². The van der Waals surface area contributed by atoms with Crippen LogP contribution in [-0.2, 0) is 4.79 Å². The molecule has 142 valence electrons. The Morgan fingerprint density at radius 2 is 1.96 bits per heavy atom. The van der Waals surface area contributed by atoms with Crippen LogP contribution in [0.25, 0.3) is 0 Å². The number of aliphatic hydroxyl groups excluding tert-OH is 1. The SMILES string of the molecule is CN(CCO)C(=O)CCCCCCCN/C(=N\C#N)Nc1ccncc1. The number of aliphatic hydroxyl groups is 1. The first-order valence-electron chi connectivity index (χ1n) is 8.90. The van der Waals surface area contributed by atoms with E-state index in [-0.39, 0.29) is 12.5 Å². The van der Waals surface area contributed by atoms with Gasteiger partial charge in [0.1, 0.15) is 0 Å². The summed E-state index contributed by atoms with van der Waals surface area (Å²) >= 11 is 0. The second kappa shape index (κ2) is 13.6. The summed E-state index contributed by atoms with van der Waals surface area (Å²) < 4.78 is 0. The van der Waals surface area contributed by atoms with Crippen LogP contribution in [-0.4, -0.2) is 53.6 Å². The Bertz CT molecular complexity index is 585. The Morgan fingerprint density at radius 1 is 1.27 bits per heavy atom. The number of aromatic nitrogens is 1. The molecule has 0 spiro atoms. The molecule has 0 fully saturated rings. The molecule has 0 aliphatic heterocycles. The van der Waals surface area contributed by atoms with Gasteiger partial charge in [0.25, 0.3) is 0 Å². The zero-order valence-electron chi connectivity index (χ0n) is 15.3. The van der Waals surface area contributed by atoms with E-state index < -0.39 is 0 Å². The van der Waals surface area contributed by atoms with Crippen LogP contribution in [0.1, 0.15) is 38.5 Å². The van der Waals surface area contributed by atoms with E-state index in [2.05, 4.69) is 20.6 Å². The average molecular weight is 360 g/mol. The number of carbonyl (C=O) groups excluding carboxylic acids is 1. The van der Waals surface area contributed by atoms with Gasteiger partial charge >= 0.3 is 0 Å². The summed E-state index contributed by atoms with van der Waals surface area (Å²) in [4.78, 5) is 21.0. The standard InChI is InChI=1S/C18H28N6O2/c1-24(13-14-25)17(26)7-5-3-2-4-6-10-21-18(22-15-19)23-16-8-11-20-12-9-16/h8-9,11-12,25H,2-7,10,13-14H2,1H3,(H2,20,21,22,23). The molecule has 0 atom stereocenters. The second-order valence-corrected chi connectivity index (χ2v) is 5.90. The molecule has 0 aliphatic rings. The molecule has 1 amide bonds. The molecule has 1 aromatic rings. The molecular weight excluding hydrogens is 332 g/mol. The minimum Gasteiger partial charge on any atom is -0.395 e. The quantitative estimate of drug-likeness (QED) is 0.240. The van der Waals surface area contributed by atoms with Gasteiger partial charge in [-0.2, -0.15) is 5.26 Å². The lowest BCUT2D eigenvalue weighted by molar-refractivity contribution is -0.130. The number of rotatable bonds is 11. The van der Waals surface area contributed by atoms with E-state index in [4.69, 9.17) is 10.4 Å². The first kappa shape index (κ1) is 21.4. The highest BCUT2D eigenvalue weighted by atomic mass is 16.3. The van der Waals surface area contributed by atoms with E-state index in [9.17, 15) is 4.79 Å². The van der Waals surface area contributed by atoms with Crippen molar-refractivity contribution in [1.82, 2.24) is 15.2 Å². The summed E-state index contributed by atoms with van der Waals surface area (Å²) in [6.45, 7) is 1.11. The molecule has 8 nitrogen and oxygen atoms in total. The van der Waals surface area contributed by atoms with Gasteiger partial charge in [-0.25, -0.2) is 0 Å². The van der Waals surface area contributed by atoms with Crippen molar-refractivity contribution in [1.29, 1.82) is 5.26 Å². The number of anilines is 1. The third-order valence-corrected chi connectivity index (χ3v) is 3.83. The minimum absolute atomic E-state index is 0.00233. The number of unbranched alkanes of at least 4 members (excludes halogenated alkanes) is 4. The maximum atomic E-state index is 11.7. The number of guanidine groups is 1. The predicted molar refractivity (Wildman–Crippen MR) is 101 cm³/mol. The molecule has 0 radical (unpaired) electrons. The van der Waals surface area contributed by atoms with Crippen LogP contribution in [0.15, 0.2) is 29.5 Å². The highest BCUT2D eigenvalue weighted by molar-refractivity contribution is 5.94. The van der Waals surface area contributed by atoms with E-state index in [1.54, 1.807) is 42.7 Å². The van der Waals surface area contributed by atoms with Crippen LogP contribution in [0.4, 0.5) is 5.69 Å². The largest absolute Gasteiger partial charge is 0.395 e. The second-order valence-electron chi connectivity index (χ2n) is 5.90. The fraction of sp³-hybridized carbons (Fsp3) is 0.556. The molecule has 0 bridgehead atoms. The number of likely N-dealkylation sites (N-methyl/N-ethyl adjacent to an activating group) is 1. The summed E-state index contributed by atoms with van der Waals surface area (Å²) in [5.41, 5.74) is 0.817. The van der Waals surface area contributed by atoms with E-state index in [1.165, 1.54) is 0 Å². The van der Waals surface area contributed by atoms with Crippen molar-refractivity contribution in [3.8, 4) is 6.19 Å². The summed E-state index contributed by atoms with van der Waals surface area (Å²) in [6, 6.07) is 3.60. The molecule has 1 heterocycles. The highest BCUT2D eigenvalue weighted by Crippen LogP contribution is 2.07. The van der Waals surface area contributed by atoms with Gasteiger partial charge in [0.05, 0.1) is 6.61 Å². The summed E-state index contributed by atoms with van der Waals surface area (Å²) in [5, 5.41) is 23.7. The highest BCUT2D eigenvalue weighted by Gasteiger charge is 2.06. The van der Waals surface area contributed by atoms with E-state index >= 15 is 0 Å². The van der Waals surface area contributed by atoms with E-state index in [0.717, 1.165) is 44.3 Å². The molecule has 1 rings (SSSR count). The smallest absolute Gasteiger partial charge is 0.222 e. The van der Waals surface area contributed by atoms with Crippen molar-refractivity contribution in [3.05, 3.63) is 24.5 Å². The topological polar surface area (TPSA) is 114 Å². The average Bonchev–Trinajstić information content (AvgIpc) is 2.64. The Morgan fingerprint density at radius 3 is 2.65 bits per heavy atom. The van der Waals surface area contributed by atoms with Crippen LogP contribution in [0.2, 0.25) is 0 Å². The normalized spacial score (nSPS) is 10.9. The van der Waals surface area contributed by atoms with Crippen molar-refractivity contribution < 1.29 is 9.90 Å². The maximum absolute atomic E-state index is 11.7. The van der Waals surface area contributed by atoms with Gasteiger partial charge in [-0.3, -0.25) is 9.78 Å². The third-order valence-electron chi connectivity index (χ3n) is 3.83. The first-order valence-corrected chi connectivity index (χ1v) is 8.90. The van der Waals surface area contributed by atoms with Gasteiger partial charge in [0, 0.05) is 44.6 Å². The lowest BCUT2D eigenvalue weighted by Crippen LogP contribution is -2.31. The number of nitrogens with zero attached hydrogens (tertiary/aromatic N) is 4. The first-order chi connectivity index (χ1) is 12.7. The number of pyridine rings is 1. The van der Waals surface area contributed by atoms with Crippen LogP contribution < -0.4 is 10.6 Å². The zero-order chi connectivity index (χ0) is 19.0. The van der Waals surface area contributed by atoms with Crippen molar-refractivity contribution >= 4 is 17.6 Å². The third kappa shape index (κ3) is 9.59. The molecule has 3 N–H and O–H groups in total. The van der Waals surface area contributed by atoms with Gasteiger partial charge in [-0.1, -0.05) is 19.3 Å². The van der Waals surface area contributed by atoms with Crippen LogP contribution in [0, 0.1) is 11.5 Å². The Balaban J connectivity index is 2.11. The van der Waals surface area contributed by atoms with Crippen molar-refractivity contribution in [3.63, 3.8) is 0 Å². The monoisotopic (exact) mass is 360 g/mol. The van der Waals surface area contributed by atoms with Crippen LogP contribution in [0.3, 0.4) is 0 Å². The van der Waals surface area contributed by atoms with E-state index in [0.29, 0.717) is 18.9 Å². The van der Waals surface area contributed by atoms with Gasteiger partial charge in [0.2, 0.25) is 18.1 Å². The number of nitrogens with one attached hydrogen (secondary N) is 2. The molecule has 0 aromatic carbocycles. The number of nitriles is 1. The molecule has 1 aromatic heterocycles. The molecular formula is C18H28N6O2. The lowest BCUT2D eigenvalue weighted by atomic mass is 10.1. The van der Waals surface area contributed by atoms with Crippen molar-refractivity contribution in [2.45, 2.75) is 38.5 Å². The van der Waals surface area contributed by atoms with Gasteiger partial charge < -0.3 is 20.6 Å². The van der Waals surface area contributed by atoms with Crippen LogP contribution in [0.5, 0.6) is 0 Å². The fourth-order valence-electron chi connectivity index (χ4n) is 2.34. The molecule has 0 aliphatic carbocycles. The maximum Gasteiger partial charge on any atom is 0.222 e. The van der Waals surface area contributed by atoms with Crippen LogP contribution >= 0.6 is 0 Å². The lowest BCUT2D eigenvalue weighted by Gasteiger charge is -2.15.